The van der Waals surface area contributed by atoms with E-state index in [2.05, 4.69) is 47.8 Å². The van der Waals surface area contributed by atoms with Crippen LogP contribution in [0.3, 0.4) is 0 Å². The molecule has 5 radical (unpaired) electrons. The van der Waals surface area contributed by atoms with E-state index in [1.54, 1.807) is 0 Å². The molecule has 1 fully saturated rings. The van der Waals surface area contributed by atoms with Gasteiger partial charge in [-0.1, -0.05) is 58.9 Å². The summed E-state index contributed by atoms with van der Waals surface area (Å²) in [6.07, 6.45) is 0. The third-order valence-corrected chi connectivity index (χ3v) is 3.54. The molecular weight excluding hydrogens is 356 g/mol. The van der Waals surface area contributed by atoms with Crippen LogP contribution in [0.1, 0.15) is 48.5 Å². The molecule has 0 unspecified atom stereocenters. The van der Waals surface area contributed by atoms with E-state index in [0.29, 0.717) is 0 Å². The van der Waals surface area contributed by atoms with Gasteiger partial charge < -0.3 is 0 Å². The Labute approximate surface area is 138 Å². The van der Waals surface area contributed by atoms with Gasteiger partial charge in [-0.25, -0.2) is 0 Å². The maximum absolute atomic E-state index is 4.91. The Bertz CT molecular complexity index is 219. The third-order valence-electron chi connectivity index (χ3n) is 3.54. The first-order valence-corrected chi connectivity index (χ1v) is 11.7. The van der Waals surface area contributed by atoms with Gasteiger partial charge in [0.2, 0.25) is 0 Å². The third kappa shape index (κ3) is 8.63. The minimum absolute atomic E-state index is 0.706. The summed E-state index contributed by atoms with van der Waals surface area (Å²) < 4.78 is 0. The minimum atomic E-state index is -0.706. The molecule has 0 nitrogen and oxygen atoms in total. The van der Waals surface area contributed by atoms with Crippen molar-refractivity contribution >= 4 is 18.4 Å². The second-order valence-corrected chi connectivity index (χ2v) is 8.09. The van der Waals surface area contributed by atoms with Crippen LogP contribution in [0, 0.1) is 29.6 Å². The van der Waals surface area contributed by atoms with Gasteiger partial charge in [0, 0.05) is 0 Å². The van der Waals surface area contributed by atoms with Crippen molar-refractivity contribution in [3.63, 3.8) is 0 Å². The summed E-state index contributed by atoms with van der Waals surface area (Å²) in [5, 5.41) is 0. The van der Waals surface area contributed by atoms with Crippen LogP contribution in [0.4, 0.5) is 0 Å². The Kier molecular flexibility index (Phi) is 13.3. The Balaban J connectivity index is 0. The fourth-order valence-electron chi connectivity index (χ4n) is 1.41. The molecule has 1 saturated carbocycles. The number of hydrogen-bond donors (Lipinski definition) is 0. The summed E-state index contributed by atoms with van der Waals surface area (Å²) in [6.45, 7) is 22.2. The van der Waals surface area contributed by atoms with E-state index in [1.165, 1.54) is 29.6 Å². The second-order valence-electron chi connectivity index (χ2n) is 4.75. The van der Waals surface area contributed by atoms with Gasteiger partial charge in [-0.15, -0.1) is 0 Å². The Hall–Kier alpha value is 0.800. The first kappa shape index (κ1) is 22.1. The zero-order valence-electron chi connectivity index (χ0n) is 13.1. The van der Waals surface area contributed by atoms with Gasteiger partial charge in [-0.2, -0.15) is 0 Å². The molecule has 1 aliphatic rings. The molecule has 0 heterocycles. The molecule has 19 heavy (non-hydrogen) atoms. The Morgan fingerprint density at radius 2 is 0.789 bits per heavy atom. The van der Waals surface area contributed by atoms with Crippen LogP contribution in [0.15, 0.2) is 24.3 Å². The van der Waals surface area contributed by atoms with Crippen molar-refractivity contribution in [3.05, 3.63) is 53.9 Å². The van der Waals surface area contributed by atoms with Crippen LogP contribution in [0.2, 0.25) is 0 Å². The average Bonchev–Trinajstić information content (AvgIpc) is 2.49. The summed E-state index contributed by atoms with van der Waals surface area (Å²) in [7, 11) is 9.83. The van der Waals surface area contributed by atoms with Gasteiger partial charge in [0.25, 0.3) is 0 Å². The molecule has 0 amide bonds. The van der Waals surface area contributed by atoms with Gasteiger partial charge in [-0.3, -0.25) is 0 Å². The molecule has 0 atom stereocenters. The van der Waals surface area contributed by atoms with E-state index in [-0.39, 0.29) is 0 Å². The molecule has 0 bridgehead atoms. The van der Waals surface area contributed by atoms with Gasteiger partial charge >= 0.3 is 36.0 Å². The van der Waals surface area contributed by atoms with E-state index in [9.17, 15) is 0 Å². The van der Waals surface area contributed by atoms with E-state index in [0.717, 1.165) is 11.1 Å². The quantitative estimate of drug-likeness (QED) is 0.360. The summed E-state index contributed by atoms with van der Waals surface area (Å²) in [4.78, 5) is 0. The molecule has 1 aliphatic carbocycles. The molecule has 1 rings (SSSR count). The number of halogens is 2. The summed E-state index contributed by atoms with van der Waals surface area (Å²) in [5.41, 5.74) is 2.13. The van der Waals surface area contributed by atoms with E-state index in [4.69, 9.17) is 18.4 Å². The maximum atomic E-state index is 4.91. The first-order chi connectivity index (χ1) is 8.61. The topological polar surface area (TPSA) is 0 Å². The van der Waals surface area contributed by atoms with E-state index < -0.39 is 17.6 Å². The molecule has 0 aliphatic heterocycles. The van der Waals surface area contributed by atoms with Crippen molar-refractivity contribution < 1.29 is 17.6 Å². The molecule has 108 valence electrons. The fourth-order valence-corrected chi connectivity index (χ4v) is 1.41. The number of rotatable bonds is 1. The van der Waals surface area contributed by atoms with E-state index >= 15 is 0 Å². The van der Waals surface area contributed by atoms with Crippen molar-refractivity contribution in [2.24, 2.45) is 0 Å². The summed E-state index contributed by atoms with van der Waals surface area (Å²) in [6, 6.07) is 0. The van der Waals surface area contributed by atoms with E-state index in [1.807, 2.05) is 13.8 Å². The molecule has 3 heteroatoms. The van der Waals surface area contributed by atoms with Crippen molar-refractivity contribution in [2.75, 3.05) is 0 Å². The van der Waals surface area contributed by atoms with Crippen LogP contribution in [-0.2, 0) is 17.6 Å². The summed E-state index contributed by atoms with van der Waals surface area (Å²) in [5.74, 6) is 7.34. The molecule has 0 spiro atoms. The van der Waals surface area contributed by atoms with Crippen LogP contribution >= 0.6 is 18.4 Å². The molecule has 0 aromatic rings. The van der Waals surface area contributed by atoms with Crippen molar-refractivity contribution in [3.8, 4) is 0 Å². The molecule has 0 saturated heterocycles. The number of hydrogen-bond acceptors (Lipinski definition) is 0. The van der Waals surface area contributed by atoms with Crippen molar-refractivity contribution in [1.82, 2.24) is 0 Å². The predicted molar refractivity (Wildman–Crippen MR) is 85.9 cm³/mol. The Morgan fingerprint density at radius 3 is 0.842 bits per heavy atom. The molecule has 0 aromatic carbocycles. The van der Waals surface area contributed by atoms with Crippen LogP contribution in [-0.4, -0.2) is 0 Å². The SMILES string of the molecule is C=C(C)C(=C)C.C[C]1[C](C)[C](C)[C](C)[C]1C.[Cl][Nb][Cl]. The van der Waals surface area contributed by atoms with Gasteiger partial charge in [0.05, 0.1) is 0 Å². The predicted octanol–water partition coefficient (Wildman–Crippen LogP) is 6.49. The average molecular weight is 381 g/mol. The van der Waals surface area contributed by atoms with Crippen LogP contribution in [0.5, 0.6) is 0 Å². The van der Waals surface area contributed by atoms with Gasteiger partial charge in [0.1, 0.15) is 0 Å². The standard InChI is InChI=1S/C10H15.C6H10.2ClH.Nb/c1-6-7(2)9(4)10(5)8(6)3;1-5(2)6(3)4;;;/h1-5H3;1,3H2,2,4H3;2*1H;/q;;;;+2/p-2. The van der Waals surface area contributed by atoms with Crippen molar-refractivity contribution in [1.29, 1.82) is 0 Å². The van der Waals surface area contributed by atoms with Gasteiger partial charge in [-0.05, 0) is 43.4 Å². The first-order valence-electron chi connectivity index (χ1n) is 6.05. The fraction of sp³-hybridized carbons (Fsp3) is 0.438. The second kappa shape index (κ2) is 11.5. The normalized spacial score (nSPS) is 18.2. The van der Waals surface area contributed by atoms with Crippen LogP contribution in [0.25, 0.3) is 0 Å². The molecule has 0 aromatic heterocycles. The number of allylic oxidation sites excluding steroid dienone is 2. The molecular formula is C16H25Cl2Nb. The summed E-state index contributed by atoms with van der Waals surface area (Å²) >= 11 is -0.706. The van der Waals surface area contributed by atoms with Crippen LogP contribution < -0.4 is 0 Å². The van der Waals surface area contributed by atoms with Crippen molar-refractivity contribution in [2.45, 2.75) is 48.5 Å². The molecule has 0 N–H and O–H groups in total. The monoisotopic (exact) mass is 380 g/mol. The Morgan fingerprint density at radius 1 is 0.684 bits per heavy atom. The van der Waals surface area contributed by atoms with Gasteiger partial charge in [0.15, 0.2) is 0 Å². The zero-order chi connectivity index (χ0) is 15.7. The zero-order valence-corrected chi connectivity index (χ0v) is 16.8.